The first-order valence-corrected chi connectivity index (χ1v) is 33.5. The van der Waals surface area contributed by atoms with Crippen LogP contribution in [0.3, 0.4) is 0 Å². The van der Waals surface area contributed by atoms with Crippen molar-refractivity contribution in [3.63, 3.8) is 0 Å². The maximum absolute atomic E-state index is 13.6. The van der Waals surface area contributed by atoms with Gasteiger partial charge < -0.3 is 38.1 Å². The van der Waals surface area contributed by atoms with Crippen molar-refractivity contribution in [3.8, 4) is 11.5 Å². The molecule has 1 heterocycles. The molecule has 0 aromatic heterocycles. The van der Waals surface area contributed by atoms with Gasteiger partial charge in [-0.25, -0.2) is 19.2 Å². The third kappa shape index (κ3) is 20.9. The normalized spacial score (nSPS) is 23.7. The number of ether oxygens (including phenoxy) is 7. The number of morpholine rings is 1. The van der Waals surface area contributed by atoms with Crippen LogP contribution in [0, 0.1) is 61.2 Å². The zero-order valence-electron chi connectivity index (χ0n) is 54.2. The lowest BCUT2D eigenvalue weighted by Gasteiger charge is -2.37. The second-order valence-electron chi connectivity index (χ2n) is 26.2. The quantitative estimate of drug-likeness (QED) is 0.0226. The van der Waals surface area contributed by atoms with E-state index in [1.165, 1.54) is 147 Å². The van der Waals surface area contributed by atoms with Gasteiger partial charge in [-0.1, -0.05) is 87.8 Å². The van der Waals surface area contributed by atoms with Gasteiger partial charge in [-0.2, -0.15) is 0 Å². The van der Waals surface area contributed by atoms with Gasteiger partial charge in [0, 0.05) is 18.7 Å². The van der Waals surface area contributed by atoms with Crippen molar-refractivity contribution >= 4 is 41.6 Å². The molecule has 1 saturated heterocycles. The third-order valence-electron chi connectivity index (χ3n) is 19.6. The Bertz CT molecular complexity index is 2930. The van der Waals surface area contributed by atoms with Crippen LogP contribution in [-0.2, 0) is 33.3 Å². The van der Waals surface area contributed by atoms with Gasteiger partial charge in [0.2, 0.25) is 0 Å². The smallest absolute Gasteiger partial charge is 0.338 e. The topological polar surface area (TPSA) is 170 Å². The molecule has 4 saturated carbocycles. The monoisotopic (exact) mass is 1220 g/mol. The van der Waals surface area contributed by atoms with Crippen LogP contribution in [0.25, 0.3) is 6.08 Å². The van der Waals surface area contributed by atoms with E-state index in [4.69, 9.17) is 33.2 Å². The lowest BCUT2D eigenvalue weighted by Crippen LogP contribution is -2.42. The highest BCUT2D eigenvalue weighted by Gasteiger charge is 2.33. The molecular weight excluding hydrogens is 1120 g/mol. The highest BCUT2D eigenvalue weighted by Crippen LogP contribution is 2.44. The van der Waals surface area contributed by atoms with E-state index in [9.17, 15) is 28.8 Å². The zero-order chi connectivity index (χ0) is 63.2. The molecule has 4 aromatic rings. The van der Waals surface area contributed by atoms with Gasteiger partial charge in [-0.3, -0.25) is 9.59 Å². The maximum atomic E-state index is 13.6. The molecule has 1 amide bonds. The standard InChI is InChI=1S/C45H69NO5.C30H30O8/c1-4-33-6-14-37(15-7-33)39-18-10-35(11-19-39)30-50-42-22-23-44(41(28-42)29-43(32(3)47)45(48)46-24-26-49-27-25-46)51-31-36-12-20-40(21-13-36)38-16-8-34(5-2)9-17-38;1-19-5-9-23(10-6-19)27(31)35-17-22(4)38-30(34)26-15-13-24(14-16-26)28(32)36-18-21(3)37-29(33)25-11-7-20(2)8-12-25/h22-23,28-29,33-40H,4-21,24-27,30-31H2,1-3H3;5-16,21-22H,17-18H2,1-4H3/b43-29+;. The Morgan fingerprint density at radius 2 is 0.865 bits per heavy atom. The Morgan fingerprint density at radius 1 is 0.494 bits per heavy atom. The summed E-state index contributed by atoms with van der Waals surface area (Å²) in [4.78, 5) is 77.3. The number of esters is 4. The summed E-state index contributed by atoms with van der Waals surface area (Å²) < 4.78 is 39.6. The number of nitrogens with zero attached hydrogens (tertiary/aromatic N) is 1. The minimum atomic E-state index is -0.675. The molecule has 0 N–H and O–H groups in total. The summed E-state index contributed by atoms with van der Waals surface area (Å²) in [7, 11) is 0. The largest absolute Gasteiger partial charge is 0.493 e. The number of carbonyl (C=O) groups excluding carboxylic acids is 6. The summed E-state index contributed by atoms with van der Waals surface area (Å²) in [6, 6.07) is 25.7. The van der Waals surface area contributed by atoms with E-state index in [2.05, 4.69) is 13.8 Å². The maximum Gasteiger partial charge on any atom is 0.338 e. The molecule has 0 radical (unpaired) electrons. The summed E-state index contributed by atoms with van der Waals surface area (Å²) in [5.41, 5.74) is 4.27. The Hall–Kier alpha value is -6.80. The zero-order valence-corrected chi connectivity index (χ0v) is 54.2. The average molecular weight is 1220 g/mol. The van der Waals surface area contributed by atoms with Gasteiger partial charge in [0.25, 0.3) is 5.91 Å². The molecule has 2 unspecified atom stereocenters. The van der Waals surface area contributed by atoms with Crippen LogP contribution in [0.15, 0.2) is 96.6 Å². The second-order valence-corrected chi connectivity index (χ2v) is 26.2. The first-order chi connectivity index (χ1) is 43.0. The van der Waals surface area contributed by atoms with Gasteiger partial charge in [0.15, 0.2) is 5.78 Å². The summed E-state index contributed by atoms with van der Waals surface area (Å²) >= 11 is 0. The van der Waals surface area contributed by atoms with Crippen molar-refractivity contribution in [1.29, 1.82) is 0 Å². The lowest BCUT2D eigenvalue weighted by atomic mass is 9.69. The Balaban J connectivity index is 0.000000241. The van der Waals surface area contributed by atoms with Gasteiger partial charge >= 0.3 is 23.9 Å². The molecule has 4 aliphatic carbocycles. The van der Waals surface area contributed by atoms with Crippen molar-refractivity contribution in [3.05, 3.63) is 136 Å². The van der Waals surface area contributed by atoms with Crippen LogP contribution in [0.1, 0.15) is 208 Å². The molecule has 4 aromatic carbocycles. The van der Waals surface area contributed by atoms with Gasteiger partial charge in [-0.05, 0) is 232 Å². The van der Waals surface area contributed by atoms with Crippen molar-refractivity contribution in [2.75, 3.05) is 52.7 Å². The summed E-state index contributed by atoms with van der Waals surface area (Å²) in [6.45, 7) is 16.4. The number of hydrogen-bond donors (Lipinski definition) is 0. The van der Waals surface area contributed by atoms with Crippen molar-refractivity contribution < 1.29 is 61.9 Å². The van der Waals surface area contributed by atoms with Crippen LogP contribution in [0.4, 0.5) is 0 Å². The molecule has 14 heteroatoms. The lowest BCUT2D eigenvalue weighted by molar-refractivity contribution is -0.132. The van der Waals surface area contributed by atoms with E-state index in [1.54, 1.807) is 49.1 Å². The number of carbonyl (C=O) groups is 6. The number of hydrogen-bond acceptors (Lipinski definition) is 13. The van der Waals surface area contributed by atoms with Gasteiger partial charge in [-0.15, -0.1) is 0 Å². The average Bonchev–Trinajstić information content (AvgIpc) is 3.72. The fourth-order valence-corrected chi connectivity index (χ4v) is 13.7. The summed E-state index contributed by atoms with van der Waals surface area (Å²) in [6.07, 6.45) is 24.8. The molecular formula is C75H99NO13. The third-order valence-corrected chi connectivity index (χ3v) is 19.6. The number of ketones is 1. The minimum Gasteiger partial charge on any atom is -0.493 e. The number of benzene rings is 4. The minimum absolute atomic E-state index is 0.102. The predicted molar refractivity (Wildman–Crippen MR) is 345 cm³/mol. The predicted octanol–water partition coefficient (Wildman–Crippen LogP) is 15.4. The second kappa shape index (κ2) is 34.4. The van der Waals surface area contributed by atoms with Crippen LogP contribution in [0.5, 0.6) is 11.5 Å². The molecule has 0 bridgehead atoms. The number of aryl methyl sites for hydroxylation is 2. The molecule has 1 aliphatic heterocycles. The number of Topliss-reactive ketones (excluding diaryl/α,β-unsaturated/α-hetero) is 1. The first-order valence-electron chi connectivity index (χ1n) is 33.5. The van der Waals surface area contributed by atoms with Crippen LogP contribution < -0.4 is 9.47 Å². The first kappa shape index (κ1) is 68.1. The fourth-order valence-electron chi connectivity index (χ4n) is 13.7. The molecule has 482 valence electrons. The van der Waals surface area contributed by atoms with Gasteiger partial charge in [0.1, 0.15) is 36.9 Å². The highest BCUT2D eigenvalue weighted by molar-refractivity contribution is 6.21. The molecule has 9 rings (SSSR count). The number of rotatable bonds is 23. The van der Waals surface area contributed by atoms with E-state index in [0.717, 1.165) is 63.7 Å². The molecule has 14 nitrogen and oxygen atoms in total. The van der Waals surface area contributed by atoms with Gasteiger partial charge in [0.05, 0.1) is 54.3 Å². The Morgan fingerprint density at radius 3 is 1.26 bits per heavy atom. The molecule has 0 spiro atoms. The van der Waals surface area contributed by atoms with E-state index in [1.807, 2.05) is 56.3 Å². The Labute approximate surface area is 529 Å². The van der Waals surface area contributed by atoms with Crippen LogP contribution in [0.2, 0.25) is 0 Å². The number of amides is 1. The molecule has 89 heavy (non-hydrogen) atoms. The molecule has 2 atom stereocenters. The van der Waals surface area contributed by atoms with Crippen LogP contribution in [-0.4, -0.2) is 105 Å². The van der Waals surface area contributed by atoms with E-state index >= 15 is 0 Å². The van der Waals surface area contributed by atoms with Crippen molar-refractivity contribution in [2.45, 2.75) is 176 Å². The SMILES string of the molecule is CCC1CCC(C2CCC(COc3ccc(OCC4CCC(C5CCC(CC)CC5)CC4)c(/C=C(\C(C)=O)C(=O)N4CCOCC4)c3)CC2)CC1.Cc1ccc(C(=O)OCC(C)OC(=O)c2ccc(C(=O)OCC(C)OC(=O)c3ccc(C)cc3)cc2)cc1. The van der Waals surface area contributed by atoms with E-state index in [0.29, 0.717) is 62.5 Å². The van der Waals surface area contributed by atoms with Crippen LogP contribution >= 0.6 is 0 Å². The molecule has 5 fully saturated rings. The van der Waals surface area contributed by atoms with E-state index < -0.39 is 36.1 Å². The summed E-state index contributed by atoms with van der Waals surface area (Å²) in [5.74, 6) is 5.49. The van der Waals surface area contributed by atoms with Crippen molar-refractivity contribution in [2.24, 2.45) is 47.3 Å². The van der Waals surface area contributed by atoms with E-state index in [-0.39, 0.29) is 41.6 Å². The molecule has 5 aliphatic rings. The van der Waals surface area contributed by atoms with Crippen molar-refractivity contribution in [1.82, 2.24) is 4.90 Å². The summed E-state index contributed by atoms with van der Waals surface area (Å²) in [5, 5.41) is 0. The highest BCUT2D eigenvalue weighted by atomic mass is 16.6. The Kier molecular flexibility index (Phi) is 26.3. The fraction of sp³-hybridized carbons (Fsp3) is 0.573.